The molecular weight excluding hydrogens is 745 g/mol. The van der Waals surface area contributed by atoms with Crippen LogP contribution in [0.15, 0.2) is 0 Å². The second-order valence-electron chi connectivity index (χ2n) is 18.5. The molecule has 0 heterocycles. The normalized spacial score (nSPS) is 11.8. The van der Waals surface area contributed by atoms with E-state index in [9.17, 15) is 14.4 Å². The van der Waals surface area contributed by atoms with Gasteiger partial charge < -0.3 is 14.2 Å². The van der Waals surface area contributed by atoms with E-state index in [0.29, 0.717) is 19.3 Å². The molecule has 6 nitrogen and oxygen atoms in total. The van der Waals surface area contributed by atoms with Crippen LogP contribution in [0.1, 0.15) is 310 Å². The van der Waals surface area contributed by atoms with E-state index in [2.05, 4.69) is 20.8 Å². The van der Waals surface area contributed by atoms with Gasteiger partial charge in [0.25, 0.3) is 0 Å². The van der Waals surface area contributed by atoms with Gasteiger partial charge in [0.15, 0.2) is 6.10 Å². The second-order valence-corrected chi connectivity index (χ2v) is 18.5. The Labute approximate surface area is 374 Å². The summed E-state index contributed by atoms with van der Waals surface area (Å²) >= 11 is 0. The van der Waals surface area contributed by atoms with E-state index in [4.69, 9.17) is 14.2 Å². The van der Waals surface area contributed by atoms with Crippen molar-refractivity contribution in [3.63, 3.8) is 0 Å². The lowest BCUT2D eigenvalue weighted by Gasteiger charge is -2.18. The lowest BCUT2D eigenvalue weighted by Crippen LogP contribution is -2.30. The second kappa shape index (κ2) is 50.1. The third-order valence-corrected chi connectivity index (χ3v) is 12.4. The molecule has 0 fully saturated rings. The van der Waals surface area contributed by atoms with E-state index in [1.807, 2.05) is 0 Å². The van der Waals surface area contributed by atoms with Crippen LogP contribution >= 0.6 is 0 Å². The summed E-state index contributed by atoms with van der Waals surface area (Å²) in [7, 11) is 0. The van der Waals surface area contributed by atoms with E-state index in [-0.39, 0.29) is 31.1 Å². The summed E-state index contributed by atoms with van der Waals surface area (Å²) in [5, 5.41) is 0. The van der Waals surface area contributed by atoms with Crippen LogP contribution in [0.4, 0.5) is 0 Å². The van der Waals surface area contributed by atoms with Crippen molar-refractivity contribution in [3.05, 3.63) is 0 Å². The molecule has 0 aromatic rings. The van der Waals surface area contributed by atoms with Gasteiger partial charge in [-0.3, -0.25) is 14.4 Å². The van der Waals surface area contributed by atoms with Crippen LogP contribution in [0.3, 0.4) is 0 Å². The van der Waals surface area contributed by atoms with Crippen molar-refractivity contribution in [1.82, 2.24) is 0 Å². The molecule has 0 rings (SSSR count). The molecule has 356 valence electrons. The lowest BCUT2D eigenvalue weighted by molar-refractivity contribution is -0.167. The van der Waals surface area contributed by atoms with Crippen LogP contribution in [0.25, 0.3) is 0 Å². The van der Waals surface area contributed by atoms with Gasteiger partial charge in [-0.15, -0.1) is 0 Å². The Morgan fingerprint density at radius 3 is 0.667 bits per heavy atom. The number of carbonyl (C=O) groups excluding carboxylic acids is 3. The quantitative estimate of drug-likeness (QED) is 0.0345. The molecule has 0 aliphatic carbocycles. The number of unbranched alkanes of at least 4 members (excludes halogenated alkanes) is 39. The van der Waals surface area contributed by atoms with E-state index in [1.54, 1.807) is 0 Å². The predicted octanol–water partition coefficient (Wildman–Crippen LogP) is 17.6. The van der Waals surface area contributed by atoms with Crippen LogP contribution in [0, 0.1) is 0 Å². The maximum absolute atomic E-state index is 12.8. The fraction of sp³-hybridized carbons (Fsp3) is 0.944. The van der Waals surface area contributed by atoms with Gasteiger partial charge in [-0.1, -0.05) is 271 Å². The van der Waals surface area contributed by atoms with Crippen LogP contribution in [-0.2, 0) is 28.6 Å². The van der Waals surface area contributed by atoms with Gasteiger partial charge in [0, 0.05) is 19.3 Å². The third kappa shape index (κ3) is 47.5. The molecule has 0 radical (unpaired) electrons. The first kappa shape index (κ1) is 58.4. The molecule has 0 unspecified atom stereocenters. The van der Waals surface area contributed by atoms with Gasteiger partial charge in [-0.2, -0.15) is 0 Å². The van der Waals surface area contributed by atoms with Gasteiger partial charge >= 0.3 is 17.9 Å². The average molecular weight is 849 g/mol. The molecule has 60 heavy (non-hydrogen) atoms. The Kier molecular flexibility index (Phi) is 48.7. The summed E-state index contributed by atoms with van der Waals surface area (Å²) in [5.41, 5.74) is 0. The number of hydrogen-bond donors (Lipinski definition) is 0. The highest BCUT2D eigenvalue weighted by Gasteiger charge is 2.19. The van der Waals surface area contributed by atoms with Crippen molar-refractivity contribution < 1.29 is 28.6 Å². The van der Waals surface area contributed by atoms with Gasteiger partial charge in [0.1, 0.15) is 13.2 Å². The number of rotatable bonds is 50. The number of ether oxygens (including phenoxy) is 3. The molecule has 0 bridgehead atoms. The zero-order valence-electron chi connectivity index (χ0n) is 40.8. The number of hydrogen-bond acceptors (Lipinski definition) is 6. The summed E-state index contributed by atoms with van der Waals surface area (Å²) in [5.74, 6) is -0.841. The Morgan fingerprint density at radius 1 is 0.267 bits per heavy atom. The molecule has 0 aromatic carbocycles. The van der Waals surface area contributed by atoms with Crippen molar-refractivity contribution in [2.45, 2.75) is 316 Å². The molecule has 0 N–H and O–H groups in total. The topological polar surface area (TPSA) is 78.9 Å². The van der Waals surface area contributed by atoms with Gasteiger partial charge in [-0.05, 0) is 19.3 Å². The maximum atomic E-state index is 12.8. The van der Waals surface area contributed by atoms with Crippen LogP contribution < -0.4 is 0 Å². The highest BCUT2D eigenvalue weighted by molar-refractivity contribution is 5.71. The van der Waals surface area contributed by atoms with Crippen LogP contribution in [-0.4, -0.2) is 37.2 Å². The summed E-state index contributed by atoms with van der Waals surface area (Å²) < 4.78 is 16.8. The minimum absolute atomic E-state index is 0.0617. The Balaban J connectivity index is 4.23. The zero-order valence-corrected chi connectivity index (χ0v) is 40.8. The van der Waals surface area contributed by atoms with Crippen molar-refractivity contribution in [2.24, 2.45) is 0 Å². The first-order valence-corrected chi connectivity index (χ1v) is 27.0. The lowest BCUT2D eigenvalue weighted by atomic mass is 10.0. The third-order valence-electron chi connectivity index (χ3n) is 12.4. The van der Waals surface area contributed by atoms with Crippen LogP contribution in [0.2, 0.25) is 0 Å². The van der Waals surface area contributed by atoms with Crippen molar-refractivity contribution in [3.8, 4) is 0 Å². The molecule has 6 heteroatoms. The predicted molar refractivity (Wildman–Crippen MR) is 257 cm³/mol. The largest absolute Gasteiger partial charge is 0.462 e. The van der Waals surface area contributed by atoms with Gasteiger partial charge in [-0.25, -0.2) is 0 Å². The minimum atomic E-state index is -0.759. The molecule has 1 atom stereocenters. The molecule has 0 aromatic heterocycles. The smallest absolute Gasteiger partial charge is 0.306 e. The van der Waals surface area contributed by atoms with E-state index in [1.165, 1.54) is 212 Å². The van der Waals surface area contributed by atoms with E-state index >= 15 is 0 Å². The first-order chi connectivity index (χ1) is 29.5. The zero-order chi connectivity index (χ0) is 43.7. The first-order valence-electron chi connectivity index (χ1n) is 27.0. The van der Waals surface area contributed by atoms with E-state index in [0.717, 1.165) is 57.8 Å². The minimum Gasteiger partial charge on any atom is -0.462 e. The van der Waals surface area contributed by atoms with Crippen molar-refractivity contribution in [1.29, 1.82) is 0 Å². The van der Waals surface area contributed by atoms with Crippen molar-refractivity contribution >= 4 is 17.9 Å². The monoisotopic (exact) mass is 849 g/mol. The van der Waals surface area contributed by atoms with E-state index < -0.39 is 6.10 Å². The van der Waals surface area contributed by atoms with Crippen LogP contribution in [0.5, 0.6) is 0 Å². The molecule has 0 aliphatic rings. The Bertz CT molecular complexity index is 889. The number of esters is 3. The molecule has 0 aliphatic heterocycles. The Hall–Kier alpha value is -1.59. The highest BCUT2D eigenvalue weighted by atomic mass is 16.6. The highest BCUT2D eigenvalue weighted by Crippen LogP contribution is 2.17. The molecule has 0 saturated heterocycles. The summed E-state index contributed by atoms with van der Waals surface area (Å²) in [6.07, 6.45) is 53.8. The fourth-order valence-corrected chi connectivity index (χ4v) is 8.27. The molecular formula is C54H104O6. The Morgan fingerprint density at radius 2 is 0.450 bits per heavy atom. The maximum Gasteiger partial charge on any atom is 0.306 e. The van der Waals surface area contributed by atoms with Gasteiger partial charge in [0.05, 0.1) is 0 Å². The number of carbonyl (C=O) groups is 3. The molecule has 0 saturated carbocycles. The van der Waals surface area contributed by atoms with Gasteiger partial charge in [0.2, 0.25) is 0 Å². The summed E-state index contributed by atoms with van der Waals surface area (Å²) in [6, 6.07) is 0. The summed E-state index contributed by atoms with van der Waals surface area (Å²) in [6.45, 7) is 6.67. The SMILES string of the molecule is CCCCCCCCCCCCCCCCCCCC(=O)O[C@@H](COC(=O)CCCCCCCCCCC)COC(=O)CCCCCCCCCCCCCCCCCC. The standard InChI is InChI=1S/C54H104O6/c1-4-7-10-13-16-19-21-23-25-27-29-31-33-36-39-42-45-48-54(57)60-51(49-58-52(55)46-43-40-37-34-18-15-12-9-6-3)50-59-53(56)47-44-41-38-35-32-30-28-26-24-22-20-17-14-11-8-5-2/h51H,4-50H2,1-3H3/t51-/m0/s1. The summed E-state index contributed by atoms with van der Waals surface area (Å²) in [4.78, 5) is 37.9. The molecule has 0 spiro atoms. The van der Waals surface area contributed by atoms with Crippen molar-refractivity contribution in [2.75, 3.05) is 13.2 Å². The molecule has 0 amide bonds. The average Bonchev–Trinajstić information content (AvgIpc) is 3.24. The fourth-order valence-electron chi connectivity index (χ4n) is 8.27.